The third kappa shape index (κ3) is 7.36. The molecule has 0 saturated heterocycles. The number of hydrogen-bond acceptors (Lipinski definition) is 5. The van der Waals surface area contributed by atoms with Gasteiger partial charge in [0, 0.05) is 5.92 Å². The lowest BCUT2D eigenvalue weighted by Gasteiger charge is -2.17. The van der Waals surface area contributed by atoms with E-state index in [0.717, 1.165) is 29.7 Å². The summed E-state index contributed by atoms with van der Waals surface area (Å²) in [6.07, 6.45) is 5.66. The van der Waals surface area contributed by atoms with Crippen molar-refractivity contribution in [3.8, 4) is 5.75 Å². The third-order valence-corrected chi connectivity index (χ3v) is 4.13. The van der Waals surface area contributed by atoms with Gasteiger partial charge in [0.15, 0.2) is 0 Å². The number of carboxylic acid groups (broad SMARTS) is 2. The highest BCUT2D eigenvalue weighted by Crippen LogP contribution is 2.15. The number of carboxylic acids is 2. The Hall–Kier alpha value is -3.08. The van der Waals surface area contributed by atoms with Crippen LogP contribution in [-0.2, 0) is 22.6 Å². The molecule has 0 amide bonds. The van der Waals surface area contributed by atoms with Gasteiger partial charge in [-0.15, -0.1) is 0 Å². The molecule has 0 saturated carbocycles. The first-order valence-corrected chi connectivity index (χ1v) is 8.88. The molecule has 0 fully saturated rings. The molecule has 27 heavy (non-hydrogen) atoms. The number of ether oxygens (including phenoxy) is 1. The topological polar surface area (TPSA) is 89.5 Å². The van der Waals surface area contributed by atoms with Gasteiger partial charge in [-0.25, -0.2) is 0 Å². The highest BCUT2D eigenvalue weighted by atomic mass is 16.5. The Labute approximate surface area is 158 Å². The highest BCUT2D eigenvalue weighted by molar-refractivity contribution is 5.90. The minimum Gasteiger partial charge on any atom is -0.549 e. The van der Waals surface area contributed by atoms with Crippen LogP contribution in [0, 0.1) is 5.92 Å². The smallest absolute Gasteiger partial charge is 0.119 e. The van der Waals surface area contributed by atoms with E-state index in [1.54, 1.807) is 6.08 Å². The zero-order valence-corrected chi connectivity index (χ0v) is 15.0. The second kappa shape index (κ2) is 10.8. The number of carbonyl (C=O) groups is 2. The predicted octanol–water partition coefficient (Wildman–Crippen LogP) is 1.65. The van der Waals surface area contributed by atoms with E-state index in [0.29, 0.717) is 13.0 Å². The second-order valence-corrected chi connectivity index (χ2v) is 6.20. The molecule has 0 radical (unpaired) electrons. The van der Waals surface area contributed by atoms with E-state index in [2.05, 4.69) is 0 Å². The summed E-state index contributed by atoms with van der Waals surface area (Å²) in [6.45, 7) is 0.529. The van der Waals surface area contributed by atoms with Crippen molar-refractivity contribution in [1.29, 1.82) is 0 Å². The molecule has 0 aliphatic carbocycles. The van der Waals surface area contributed by atoms with Crippen LogP contribution in [0.15, 0.2) is 66.7 Å². The Balaban J connectivity index is 1.69. The van der Waals surface area contributed by atoms with Gasteiger partial charge >= 0.3 is 0 Å². The lowest BCUT2D eigenvalue weighted by atomic mass is 10.0. The summed E-state index contributed by atoms with van der Waals surface area (Å²) >= 11 is 0. The maximum absolute atomic E-state index is 10.6. The molecule has 142 valence electrons. The van der Waals surface area contributed by atoms with E-state index < -0.39 is 17.9 Å². The molecule has 0 aliphatic rings. The Morgan fingerprint density at radius 3 is 2.11 bits per heavy atom. The van der Waals surface area contributed by atoms with Crippen molar-refractivity contribution in [2.75, 3.05) is 0 Å². The van der Waals surface area contributed by atoms with Crippen LogP contribution in [0.3, 0.4) is 0 Å². The summed E-state index contributed by atoms with van der Waals surface area (Å²) in [4.78, 5) is 21.3. The number of aliphatic carboxylic acids is 2. The minimum atomic E-state index is -1.60. The fourth-order valence-electron chi connectivity index (χ4n) is 2.57. The molecule has 5 heteroatoms. The van der Waals surface area contributed by atoms with Crippen LogP contribution < -0.4 is 14.9 Å². The van der Waals surface area contributed by atoms with E-state index >= 15 is 0 Å². The molecular weight excluding hydrogens is 344 g/mol. The van der Waals surface area contributed by atoms with E-state index in [1.807, 2.05) is 60.7 Å². The number of aryl methyl sites for hydroxylation is 1. The average Bonchev–Trinajstić information content (AvgIpc) is 2.67. The summed E-state index contributed by atoms with van der Waals surface area (Å²) in [5, 5.41) is 21.3. The predicted molar refractivity (Wildman–Crippen MR) is 97.4 cm³/mol. The van der Waals surface area contributed by atoms with Gasteiger partial charge in [0.05, 0.1) is 11.9 Å². The van der Waals surface area contributed by atoms with Crippen LogP contribution in [0.1, 0.15) is 30.4 Å². The molecule has 2 aromatic rings. The Kier molecular flexibility index (Phi) is 8.10. The molecular formula is C22H22O5-2. The number of benzene rings is 2. The van der Waals surface area contributed by atoms with Crippen molar-refractivity contribution in [3.63, 3.8) is 0 Å². The van der Waals surface area contributed by atoms with Crippen LogP contribution in [0.5, 0.6) is 5.75 Å². The number of hydrogen-bond donors (Lipinski definition) is 0. The minimum absolute atomic E-state index is 0.0192. The molecule has 2 aromatic carbocycles. The first-order chi connectivity index (χ1) is 13.1. The molecule has 0 unspecified atom stereocenters. The van der Waals surface area contributed by atoms with Crippen LogP contribution >= 0.6 is 0 Å². The van der Waals surface area contributed by atoms with Gasteiger partial charge in [-0.2, -0.15) is 0 Å². The van der Waals surface area contributed by atoms with Gasteiger partial charge < -0.3 is 24.5 Å². The number of allylic oxidation sites excluding steroid dienone is 2. The maximum Gasteiger partial charge on any atom is 0.119 e. The van der Waals surface area contributed by atoms with Crippen LogP contribution in [0.2, 0.25) is 0 Å². The molecule has 0 heterocycles. The SMILES string of the molecule is O=C([O-])C(CC/C=C/CCc1ccc(OCc2ccccc2)cc1)C(=O)[O-]. The Morgan fingerprint density at radius 1 is 0.852 bits per heavy atom. The van der Waals surface area contributed by atoms with Crippen molar-refractivity contribution in [2.45, 2.75) is 32.3 Å². The van der Waals surface area contributed by atoms with Crippen molar-refractivity contribution in [2.24, 2.45) is 5.92 Å². The molecule has 0 aliphatic heterocycles. The van der Waals surface area contributed by atoms with Gasteiger partial charge in [0.2, 0.25) is 0 Å². The summed E-state index contributed by atoms with van der Waals surface area (Å²) in [5.74, 6) is -3.94. The largest absolute Gasteiger partial charge is 0.549 e. The molecule has 5 nitrogen and oxygen atoms in total. The fraction of sp³-hybridized carbons (Fsp3) is 0.273. The summed E-state index contributed by atoms with van der Waals surface area (Å²) in [5.41, 5.74) is 2.28. The quantitative estimate of drug-likeness (QED) is 0.446. The van der Waals surface area contributed by atoms with E-state index in [1.165, 1.54) is 0 Å². The monoisotopic (exact) mass is 366 g/mol. The summed E-state index contributed by atoms with van der Waals surface area (Å²) in [7, 11) is 0. The molecule has 0 spiro atoms. The van der Waals surface area contributed by atoms with Crippen molar-refractivity contribution >= 4 is 11.9 Å². The second-order valence-electron chi connectivity index (χ2n) is 6.20. The first-order valence-electron chi connectivity index (χ1n) is 8.88. The van der Waals surface area contributed by atoms with Gasteiger partial charge in [0.25, 0.3) is 0 Å². The fourth-order valence-corrected chi connectivity index (χ4v) is 2.57. The molecule has 0 bridgehead atoms. The summed E-state index contributed by atoms with van der Waals surface area (Å²) < 4.78 is 5.75. The van der Waals surface area contributed by atoms with Gasteiger partial charge in [0.1, 0.15) is 12.4 Å². The Bertz CT molecular complexity index is 736. The number of rotatable bonds is 11. The first kappa shape index (κ1) is 20.2. The normalized spacial score (nSPS) is 11.0. The van der Waals surface area contributed by atoms with Gasteiger partial charge in [-0.1, -0.05) is 54.6 Å². The van der Waals surface area contributed by atoms with E-state index in [4.69, 9.17) is 4.74 Å². The summed E-state index contributed by atoms with van der Waals surface area (Å²) in [6, 6.07) is 17.9. The van der Waals surface area contributed by atoms with Crippen LogP contribution in [-0.4, -0.2) is 11.9 Å². The average molecular weight is 366 g/mol. The van der Waals surface area contributed by atoms with Crippen molar-refractivity contribution < 1.29 is 24.5 Å². The molecule has 0 N–H and O–H groups in total. The van der Waals surface area contributed by atoms with Gasteiger partial charge in [-0.3, -0.25) is 0 Å². The van der Waals surface area contributed by atoms with Gasteiger partial charge in [-0.05, 0) is 48.9 Å². The van der Waals surface area contributed by atoms with Crippen molar-refractivity contribution in [1.82, 2.24) is 0 Å². The molecule has 2 rings (SSSR count). The van der Waals surface area contributed by atoms with E-state index in [-0.39, 0.29) is 6.42 Å². The lowest BCUT2D eigenvalue weighted by Crippen LogP contribution is -2.43. The zero-order valence-electron chi connectivity index (χ0n) is 15.0. The Morgan fingerprint density at radius 2 is 1.48 bits per heavy atom. The van der Waals surface area contributed by atoms with Crippen molar-refractivity contribution in [3.05, 3.63) is 77.9 Å². The zero-order chi connectivity index (χ0) is 19.5. The third-order valence-electron chi connectivity index (χ3n) is 4.13. The maximum atomic E-state index is 10.6. The molecule has 0 atom stereocenters. The van der Waals surface area contributed by atoms with E-state index in [9.17, 15) is 19.8 Å². The molecule has 0 aromatic heterocycles. The van der Waals surface area contributed by atoms with Crippen LogP contribution in [0.4, 0.5) is 0 Å². The highest BCUT2D eigenvalue weighted by Gasteiger charge is 2.09. The van der Waals surface area contributed by atoms with Crippen LogP contribution in [0.25, 0.3) is 0 Å². The standard InChI is InChI=1S/C22H24O5/c23-21(24)20(22(25)26)11-7-2-1-4-8-17-12-14-19(15-13-17)27-16-18-9-5-3-6-10-18/h1-3,5-6,9-10,12-15,20H,4,7-8,11,16H2,(H,23,24)(H,25,26)/p-2/b2-1+. The number of carbonyl (C=O) groups excluding carboxylic acids is 2. The lowest BCUT2D eigenvalue weighted by molar-refractivity contribution is -0.331.